The van der Waals surface area contributed by atoms with Crippen molar-refractivity contribution in [2.24, 2.45) is 11.7 Å². The first-order valence-electron chi connectivity index (χ1n) is 7.73. The number of carbonyl (C=O) groups is 2. The molecule has 0 aromatic carbocycles. The maximum atomic E-state index is 11.8. The van der Waals surface area contributed by atoms with Gasteiger partial charge in [0.25, 0.3) is 0 Å². The Balaban J connectivity index is 2.13. The van der Waals surface area contributed by atoms with Crippen LogP contribution in [0.2, 0.25) is 0 Å². The third-order valence-corrected chi connectivity index (χ3v) is 4.00. The Kier molecular flexibility index (Phi) is 7.59. The summed E-state index contributed by atoms with van der Waals surface area (Å²) in [6, 6.07) is 0.293. The van der Waals surface area contributed by atoms with E-state index in [0.29, 0.717) is 25.5 Å². The lowest BCUT2D eigenvalue weighted by molar-refractivity contribution is -0.125. The van der Waals surface area contributed by atoms with Gasteiger partial charge in [-0.1, -0.05) is 13.8 Å². The molecule has 0 saturated heterocycles. The monoisotopic (exact) mass is 284 g/mol. The average Bonchev–Trinajstić information content (AvgIpc) is 2.44. The summed E-state index contributed by atoms with van der Waals surface area (Å²) in [6.07, 6.45) is 6.12. The van der Waals surface area contributed by atoms with Gasteiger partial charge in [-0.15, -0.1) is 0 Å². The fraction of sp³-hybridized carbons (Fsp3) is 0.867. The SMILES string of the molecule is CCC(C)C(=O)NC1CCC(OCCCC(N)=O)CC1. The van der Waals surface area contributed by atoms with E-state index >= 15 is 0 Å². The van der Waals surface area contributed by atoms with Crippen LogP contribution in [0.3, 0.4) is 0 Å². The van der Waals surface area contributed by atoms with Gasteiger partial charge in [-0.3, -0.25) is 9.59 Å². The fourth-order valence-corrected chi connectivity index (χ4v) is 2.40. The van der Waals surface area contributed by atoms with E-state index in [1.54, 1.807) is 0 Å². The first kappa shape index (κ1) is 17.0. The van der Waals surface area contributed by atoms with Crippen LogP contribution in [0, 0.1) is 5.92 Å². The van der Waals surface area contributed by atoms with Gasteiger partial charge < -0.3 is 15.8 Å². The summed E-state index contributed by atoms with van der Waals surface area (Å²) in [5, 5.41) is 3.12. The summed E-state index contributed by atoms with van der Waals surface area (Å²) in [7, 11) is 0. The number of hydrogen-bond donors (Lipinski definition) is 2. The molecule has 0 aromatic heterocycles. The molecule has 2 amide bonds. The van der Waals surface area contributed by atoms with Crippen molar-refractivity contribution in [3.63, 3.8) is 0 Å². The van der Waals surface area contributed by atoms with Crippen molar-refractivity contribution in [2.75, 3.05) is 6.61 Å². The minimum absolute atomic E-state index is 0.0952. The van der Waals surface area contributed by atoms with Crippen LogP contribution in [0.25, 0.3) is 0 Å². The first-order valence-corrected chi connectivity index (χ1v) is 7.73. The van der Waals surface area contributed by atoms with Gasteiger partial charge in [0.15, 0.2) is 0 Å². The molecule has 116 valence electrons. The van der Waals surface area contributed by atoms with Crippen molar-refractivity contribution in [1.29, 1.82) is 0 Å². The Hall–Kier alpha value is -1.10. The van der Waals surface area contributed by atoms with E-state index in [1.807, 2.05) is 13.8 Å². The number of nitrogens with two attached hydrogens (primary N) is 1. The second kappa shape index (κ2) is 8.95. The van der Waals surface area contributed by atoms with Crippen LogP contribution < -0.4 is 11.1 Å². The maximum Gasteiger partial charge on any atom is 0.223 e. The van der Waals surface area contributed by atoms with Crippen LogP contribution in [-0.2, 0) is 14.3 Å². The van der Waals surface area contributed by atoms with Gasteiger partial charge in [0.1, 0.15) is 0 Å². The van der Waals surface area contributed by atoms with Gasteiger partial charge in [-0.05, 0) is 38.5 Å². The van der Waals surface area contributed by atoms with Gasteiger partial charge in [0.2, 0.25) is 11.8 Å². The molecule has 5 heteroatoms. The number of primary amides is 1. The smallest absolute Gasteiger partial charge is 0.223 e. The van der Waals surface area contributed by atoms with Gasteiger partial charge in [0, 0.05) is 25.0 Å². The van der Waals surface area contributed by atoms with Crippen LogP contribution in [0.15, 0.2) is 0 Å². The molecule has 1 rings (SSSR count). The molecule has 0 radical (unpaired) electrons. The van der Waals surface area contributed by atoms with E-state index in [2.05, 4.69) is 5.32 Å². The van der Waals surface area contributed by atoms with Crippen LogP contribution in [0.1, 0.15) is 58.8 Å². The van der Waals surface area contributed by atoms with Gasteiger partial charge in [-0.25, -0.2) is 0 Å². The Morgan fingerprint density at radius 3 is 2.50 bits per heavy atom. The highest BCUT2D eigenvalue weighted by Crippen LogP contribution is 2.22. The highest BCUT2D eigenvalue weighted by atomic mass is 16.5. The quantitative estimate of drug-likeness (QED) is 0.666. The zero-order chi connectivity index (χ0) is 15.0. The topological polar surface area (TPSA) is 81.4 Å². The lowest BCUT2D eigenvalue weighted by Gasteiger charge is -2.29. The summed E-state index contributed by atoms with van der Waals surface area (Å²) in [6.45, 7) is 4.58. The molecule has 0 aliphatic heterocycles. The summed E-state index contributed by atoms with van der Waals surface area (Å²) in [5.41, 5.74) is 5.08. The Bertz CT molecular complexity index is 312. The van der Waals surface area contributed by atoms with Crippen molar-refractivity contribution >= 4 is 11.8 Å². The molecule has 3 N–H and O–H groups in total. The Morgan fingerprint density at radius 1 is 1.30 bits per heavy atom. The Labute approximate surface area is 121 Å². The standard InChI is InChI=1S/C15H28N2O3/c1-3-11(2)15(19)17-12-6-8-13(9-7-12)20-10-4-5-14(16)18/h11-13H,3-10H2,1-2H3,(H2,16,18)(H,17,19). The van der Waals surface area contributed by atoms with E-state index < -0.39 is 0 Å². The van der Waals surface area contributed by atoms with E-state index in [4.69, 9.17) is 10.5 Å². The molecule has 0 spiro atoms. The van der Waals surface area contributed by atoms with Gasteiger partial charge in [0.05, 0.1) is 6.10 Å². The lowest BCUT2D eigenvalue weighted by atomic mass is 9.92. The van der Waals surface area contributed by atoms with Crippen molar-refractivity contribution in [1.82, 2.24) is 5.32 Å². The molecule has 1 aliphatic carbocycles. The molecule has 5 nitrogen and oxygen atoms in total. The first-order chi connectivity index (χ1) is 9.52. The molecular weight excluding hydrogens is 256 g/mol. The predicted molar refractivity (Wildman–Crippen MR) is 78.0 cm³/mol. The van der Waals surface area contributed by atoms with Crippen LogP contribution in [0.5, 0.6) is 0 Å². The molecule has 0 bridgehead atoms. The summed E-state index contributed by atoms with van der Waals surface area (Å²) >= 11 is 0. The third kappa shape index (κ3) is 6.37. The summed E-state index contributed by atoms with van der Waals surface area (Å²) in [4.78, 5) is 22.4. The number of nitrogens with one attached hydrogen (secondary N) is 1. The Morgan fingerprint density at radius 2 is 1.95 bits per heavy atom. The number of rotatable bonds is 8. The third-order valence-electron chi connectivity index (χ3n) is 4.00. The molecule has 1 fully saturated rings. The predicted octanol–water partition coefficient (Wildman–Crippen LogP) is 1.74. The van der Waals surface area contributed by atoms with E-state index in [0.717, 1.165) is 32.1 Å². The molecule has 1 saturated carbocycles. The molecular formula is C15H28N2O3. The minimum atomic E-state index is -0.273. The number of ether oxygens (including phenoxy) is 1. The fourth-order valence-electron chi connectivity index (χ4n) is 2.40. The zero-order valence-electron chi connectivity index (χ0n) is 12.7. The van der Waals surface area contributed by atoms with Crippen LogP contribution >= 0.6 is 0 Å². The molecule has 0 aromatic rings. The number of carbonyl (C=O) groups excluding carboxylic acids is 2. The number of hydrogen-bond acceptors (Lipinski definition) is 3. The summed E-state index contributed by atoms with van der Waals surface area (Å²) < 4.78 is 5.73. The van der Waals surface area contributed by atoms with Gasteiger partial charge >= 0.3 is 0 Å². The normalized spacial score (nSPS) is 24.1. The lowest BCUT2D eigenvalue weighted by Crippen LogP contribution is -2.41. The van der Waals surface area contributed by atoms with Crippen LogP contribution in [-0.4, -0.2) is 30.6 Å². The second-order valence-electron chi connectivity index (χ2n) is 5.73. The van der Waals surface area contributed by atoms with Crippen molar-refractivity contribution < 1.29 is 14.3 Å². The van der Waals surface area contributed by atoms with E-state index in [9.17, 15) is 9.59 Å². The van der Waals surface area contributed by atoms with Crippen LogP contribution in [0.4, 0.5) is 0 Å². The minimum Gasteiger partial charge on any atom is -0.378 e. The maximum absolute atomic E-state index is 11.8. The highest BCUT2D eigenvalue weighted by molar-refractivity contribution is 5.78. The summed E-state index contributed by atoms with van der Waals surface area (Å²) in [5.74, 6) is -0.0128. The van der Waals surface area contributed by atoms with E-state index in [1.165, 1.54) is 0 Å². The largest absolute Gasteiger partial charge is 0.378 e. The molecule has 1 atom stereocenters. The molecule has 1 unspecified atom stereocenters. The molecule has 0 heterocycles. The van der Waals surface area contributed by atoms with Gasteiger partial charge in [-0.2, -0.15) is 0 Å². The number of amides is 2. The average molecular weight is 284 g/mol. The zero-order valence-corrected chi connectivity index (χ0v) is 12.7. The molecule has 20 heavy (non-hydrogen) atoms. The van der Waals surface area contributed by atoms with Crippen molar-refractivity contribution in [3.8, 4) is 0 Å². The molecule has 1 aliphatic rings. The second-order valence-corrected chi connectivity index (χ2v) is 5.73. The van der Waals surface area contributed by atoms with Crippen molar-refractivity contribution in [2.45, 2.75) is 70.9 Å². The van der Waals surface area contributed by atoms with Crippen molar-refractivity contribution in [3.05, 3.63) is 0 Å². The van der Waals surface area contributed by atoms with E-state index in [-0.39, 0.29) is 23.8 Å². The highest BCUT2D eigenvalue weighted by Gasteiger charge is 2.23.